The molecule has 0 aliphatic carbocycles. The molecule has 0 amide bonds. The third-order valence-electron chi connectivity index (χ3n) is 3.75. The predicted octanol–water partition coefficient (Wildman–Crippen LogP) is 3.20. The molecule has 7 heteroatoms. The van der Waals surface area contributed by atoms with Crippen LogP contribution in [0, 0.1) is 0 Å². The Hall–Kier alpha value is -2.28. The summed E-state index contributed by atoms with van der Waals surface area (Å²) in [5.74, 6) is 4.21. The maximum Gasteiger partial charge on any atom is 0.191 e. The largest absolute Gasteiger partial charge is 0.493 e. The van der Waals surface area contributed by atoms with Gasteiger partial charge in [0, 0.05) is 25.3 Å². The van der Waals surface area contributed by atoms with Gasteiger partial charge in [0.05, 0.1) is 19.9 Å². The third-order valence-corrected chi connectivity index (χ3v) is 4.36. The van der Waals surface area contributed by atoms with Crippen LogP contribution >= 0.6 is 11.8 Å². The number of nitrogens with zero attached hydrogens (tertiary/aromatic N) is 1. The number of furan rings is 1. The van der Waals surface area contributed by atoms with E-state index in [9.17, 15) is 0 Å². The van der Waals surface area contributed by atoms with Crippen LogP contribution in [0.15, 0.2) is 52.1 Å². The number of hydrogen-bond donors (Lipinski definition) is 2. The molecule has 1 unspecified atom stereocenters. The van der Waals surface area contributed by atoms with Gasteiger partial charge in [-0.3, -0.25) is 0 Å². The number of hydrogen-bond acceptors (Lipinski definition) is 5. The van der Waals surface area contributed by atoms with Crippen LogP contribution in [0.1, 0.15) is 12.7 Å². The minimum absolute atomic E-state index is 0.0782. The first-order valence-corrected chi connectivity index (χ1v) is 10.5. The lowest BCUT2D eigenvalue weighted by atomic mass is 10.3. The topological polar surface area (TPSA) is 68.0 Å². The van der Waals surface area contributed by atoms with E-state index in [-0.39, 0.29) is 6.10 Å². The highest BCUT2D eigenvalue weighted by molar-refractivity contribution is 7.98. The molecule has 1 atom stereocenters. The van der Waals surface area contributed by atoms with Crippen LogP contribution in [-0.4, -0.2) is 50.8 Å². The summed E-state index contributed by atoms with van der Waals surface area (Å²) >= 11 is 1.80. The summed E-state index contributed by atoms with van der Waals surface area (Å²) in [6.45, 7) is 4.14. The summed E-state index contributed by atoms with van der Waals surface area (Å²) in [6.07, 6.45) is 4.51. The van der Waals surface area contributed by atoms with Crippen molar-refractivity contribution in [3.63, 3.8) is 0 Å². The minimum atomic E-state index is -0.0782. The maximum absolute atomic E-state index is 5.97. The van der Waals surface area contributed by atoms with Gasteiger partial charge in [0.25, 0.3) is 0 Å². The van der Waals surface area contributed by atoms with Crippen molar-refractivity contribution in [2.75, 3.05) is 38.8 Å². The molecule has 1 aromatic heterocycles. The fraction of sp³-hybridized carbons (Fsp3) is 0.450. The van der Waals surface area contributed by atoms with Crippen LogP contribution in [-0.2, 0) is 6.42 Å². The maximum atomic E-state index is 5.97. The molecule has 2 N–H and O–H groups in total. The lowest BCUT2D eigenvalue weighted by Crippen LogP contribution is -2.40. The number of aliphatic imine (C=N–C) groups is 1. The van der Waals surface area contributed by atoms with Crippen LogP contribution in [0.2, 0.25) is 0 Å². The molecular weight excluding hydrogens is 362 g/mol. The highest BCUT2D eigenvalue weighted by Gasteiger charge is 2.09. The molecule has 27 heavy (non-hydrogen) atoms. The number of ether oxygens (including phenoxy) is 2. The van der Waals surface area contributed by atoms with E-state index < -0.39 is 0 Å². The van der Waals surface area contributed by atoms with Gasteiger partial charge >= 0.3 is 0 Å². The van der Waals surface area contributed by atoms with Gasteiger partial charge in [0.2, 0.25) is 0 Å². The molecule has 0 fully saturated rings. The zero-order valence-corrected chi connectivity index (χ0v) is 17.1. The Morgan fingerprint density at radius 3 is 2.63 bits per heavy atom. The molecule has 0 aliphatic rings. The van der Waals surface area contributed by atoms with E-state index in [1.807, 2.05) is 43.3 Å². The van der Waals surface area contributed by atoms with Gasteiger partial charge in [-0.1, -0.05) is 12.1 Å². The molecule has 2 rings (SSSR count). The molecule has 1 heterocycles. The molecule has 0 spiro atoms. The molecular formula is C20H29N3O3S. The van der Waals surface area contributed by atoms with Gasteiger partial charge in [-0.05, 0) is 37.4 Å². The second-order valence-corrected chi connectivity index (χ2v) is 6.93. The SMILES string of the molecule is COc1ccccc1OC(C)CN=C(NCCSC)NCCc1ccco1. The number of methoxy groups -OCH3 is 1. The fourth-order valence-corrected chi connectivity index (χ4v) is 2.70. The van der Waals surface area contributed by atoms with Crippen molar-refractivity contribution in [2.24, 2.45) is 4.99 Å². The van der Waals surface area contributed by atoms with Crippen molar-refractivity contribution in [1.82, 2.24) is 10.6 Å². The van der Waals surface area contributed by atoms with Gasteiger partial charge in [-0.2, -0.15) is 11.8 Å². The van der Waals surface area contributed by atoms with Crippen molar-refractivity contribution < 1.29 is 13.9 Å². The smallest absolute Gasteiger partial charge is 0.191 e. The van der Waals surface area contributed by atoms with Crippen LogP contribution in [0.25, 0.3) is 0 Å². The number of nitrogens with one attached hydrogen (secondary N) is 2. The molecule has 0 saturated carbocycles. The highest BCUT2D eigenvalue weighted by atomic mass is 32.2. The molecule has 148 valence electrons. The zero-order chi connectivity index (χ0) is 19.3. The van der Waals surface area contributed by atoms with E-state index in [0.29, 0.717) is 6.54 Å². The van der Waals surface area contributed by atoms with E-state index in [4.69, 9.17) is 13.9 Å². The molecule has 0 radical (unpaired) electrons. The van der Waals surface area contributed by atoms with Crippen molar-refractivity contribution in [3.8, 4) is 11.5 Å². The number of benzene rings is 1. The summed E-state index contributed by atoms with van der Waals surface area (Å²) in [6, 6.07) is 11.5. The van der Waals surface area contributed by atoms with Gasteiger partial charge in [-0.15, -0.1) is 0 Å². The van der Waals surface area contributed by atoms with E-state index in [1.54, 1.807) is 25.1 Å². The van der Waals surface area contributed by atoms with Crippen LogP contribution in [0.3, 0.4) is 0 Å². The Morgan fingerprint density at radius 1 is 1.15 bits per heavy atom. The second-order valence-electron chi connectivity index (χ2n) is 5.94. The van der Waals surface area contributed by atoms with Crippen molar-refractivity contribution >= 4 is 17.7 Å². The summed E-state index contributed by atoms with van der Waals surface area (Å²) in [5, 5.41) is 6.70. The monoisotopic (exact) mass is 391 g/mol. The summed E-state index contributed by atoms with van der Waals surface area (Å²) < 4.78 is 16.7. The summed E-state index contributed by atoms with van der Waals surface area (Å²) in [5.41, 5.74) is 0. The molecule has 1 aromatic carbocycles. The third kappa shape index (κ3) is 7.86. The normalized spacial score (nSPS) is 12.5. The van der Waals surface area contributed by atoms with Crippen LogP contribution in [0.5, 0.6) is 11.5 Å². The average Bonchev–Trinajstić information content (AvgIpc) is 3.19. The van der Waals surface area contributed by atoms with Crippen molar-refractivity contribution in [2.45, 2.75) is 19.4 Å². The quantitative estimate of drug-likeness (QED) is 0.348. The van der Waals surface area contributed by atoms with Crippen molar-refractivity contribution in [1.29, 1.82) is 0 Å². The molecule has 6 nitrogen and oxygen atoms in total. The highest BCUT2D eigenvalue weighted by Crippen LogP contribution is 2.26. The van der Waals surface area contributed by atoms with Crippen LogP contribution < -0.4 is 20.1 Å². The minimum Gasteiger partial charge on any atom is -0.493 e. The van der Waals surface area contributed by atoms with Gasteiger partial charge in [0.1, 0.15) is 11.9 Å². The first-order chi connectivity index (χ1) is 13.2. The zero-order valence-electron chi connectivity index (χ0n) is 16.2. The Balaban J connectivity index is 1.87. The number of para-hydroxylation sites is 2. The van der Waals surface area contributed by atoms with E-state index in [1.165, 1.54) is 0 Å². The Kier molecular flexibility index (Phi) is 9.48. The summed E-state index contributed by atoms with van der Waals surface area (Å²) in [7, 11) is 1.64. The number of thioether (sulfide) groups is 1. The van der Waals surface area contributed by atoms with Crippen LogP contribution in [0.4, 0.5) is 0 Å². The number of rotatable bonds is 11. The lowest BCUT2D eigenvalue weighted by Gasteiger charge is -2.17. The van der Waals surface area contributed by atoms with E-state index in [0.717, 1.165) is 48.5 Å². The second kappa shape index (κ2) is 12.2. The van der Waals surface area contributed by atoms with E-state index >= 15 is 0 Å². The van der Waals surface area contributed by atoms with Gasteiger partial charge < -0.3 is 24.5 Å². The molecule has 2 aromatic rings. The molecule has 0 saturated heterocycles. The van der Waals surface area contributed by atoms with Crippen molar-refractivity contribution in [3.05, 3.63) is 48.4 Å². The van der Waals surface area contributed by atoms with E-state index in [2.05, 4.69) is 21.9 Å². The molecule has 0 aliphatic heterocycles. The first-order valence-electron chi connectivity index (χ1n) is 9.06. The van der Waals surface area contributed by atoms with Gasteiger partial charge in [0.15, 0.2) is 17.5 Å². The number of guanidine groups is 1. The average molecular weight is 392 g/mol. The molecule has 0 bridgehead atoms. The Bertz CT molecular complexity index is 677. The lowest BCUT2D eigenvalue weighted by molar-refractivity contribution is 0.219. The Morgan fingerprint density at radius 2 is 1.93 bits per heavy atom. The summed E-state index contributed by atoms with van der Waals surface area (Å²) in [4.78, 5) is 4.65. The first kappa shape index (κ1) is 21.0. The fourth-order valence-electron chi connectivity index (χ4n) is 2.39. The predicted molar refractivity (Wildman–Crippen MR) is 112 cm³/mol. The van der Waals surface area contributed by atoms with Gasteiger partial charge in [-0.25, -0.2) is 4.99 Å². The Labute approximate surface area is 165 Å². The standard InChI is InChI=1S/C20H29N3O3S/c1-16(26-19-9-5-4-8-18(19)24-2)15-23-20(22-12-14-27-3)21-11-10-17-7-6-13-25-17/h4-9,13,16H,10-12,14-15H2,1-3H3,(H2,21,22,23).